The topological polar surface area (TPSA) is 63.2 Å². The van der Waals surface area contributed by atoms with Crippen LogP contribution in [0.25, 0.3) is 0 Å². The van der Waals surface area contributed by atoms with Gasteiger partial charge in [-0.2, -0.15) is 0 Å². The highest BCUT2D eigenvalue weighted by molar-refractivity contribution is 6.29. The third kappa shape index (κ3) is 3.23. The van der Waals surface area contributed by atoms with Crippen molar-refractivity contribution >= 4 is 17.5 Å². The molecule has 6 heteroatoms. The monoisotopic (exact) mass is 343 g/mol. The Kier molecular flexibility index (Phi) is 4.12. The second kappa shape index (κ2) is 6.42. The smallest absolute Gasteiger partial charge is 0.251 e. The van der Waals surface area contributed by atoms with Crippen LogP contribution in [0.5, 0.6) is 11.5 Å². The van der Waals surface area contributed by atoms with Gasteiger partial charge in [0, 0.05) is 23.7 Å². The van der Waals surface area contributed by atoms with Crippen LogP contribution in [0.4, 0.5) is 0 Å². The maximum Gasteiger partial charge on any atom is 0.251 e. The number of carbonyl (C=O) groups excluding carboxylic acids is 1. The van der Waals surface area contributed by atoms with Crippen molar-refractivity contribution in [3.8, 4) is 11.5 Å². The van der Waals surface area contributed by atoms with E-state index >= 15 is 0 Å². The van der Waals surface area contributed by atoms with Gasteiger partial charge in [0.05, 0.1) is 6.20 Å². The van der Waals surface area contributed by atoms with Crippen molar-refractivity contribution in [1.29, 1.82) is 0 Å². The molecule has 24 heavy (non-hydrogen) atoms. The van der Waals surface area contributed by atoms with Gasteiger partial charge in [0.15, 0.2) is 0 Å². The number of fused-ring (bicyclic) bond motifs is 2. The second-order valence-electron chi connectivity index (χ2n) is 6.31. The predicted octanol–water partition coefficient (Wildman–Crippen LogP) is 3.15. The Morgan fingerprint density at radius 3 is 2.58 bits per heavy atom. The van der Waals surface area contributed by atoms with Crippen molar-refractivity contribution in [3.63, 3.8) is 0 Å². The lowest BCUT2D eigenvalue weighted by Crippen LogP contribution is -2.42. The van der Waals surface area contributed by atoms with E-state index in [1.54, 1.807) is 42.6 Å². The number of aromatic nitrogens is 1. The molecule has 3 heterocycles. The van der Waals surface area contributed by atoms with Gasteiger partial charge in [0.25, 0.3) is 5.91 Å². The summed E-state index contributed by atoms with van der Waals surface area (Å²) in [7, 11) is 0. The number of hydrogen-bond acceptors (Lipinski definition) is 4. The zero-order valence-corrected chi connectivity index (χ0v) is 13.8. The first-order chi connectivity index (χ1) is 11.7. The maximum absolute atomic E-state index is 12.4. The summed E-state index contributed by atoms with van der Waals surface area (Å²) < 4.78 is 5.68. The zero-order valence-electron chi connectivity index (χ0n) is 13.0. The van der Waals surface area contributed by atoms with Crippen molar-refractivity contribution in [2.24, 2.45) is 0 Å². The number of ether oxygens (including phenoxy) is 1. The summed E-state index contributed by atoms with van der Waals surface area (Å²) >= 11 is 5.75. The average molecular weight is 344 g/mol. The van der Waals surface area contributed by atoms with E-state index in [2.05, 4.69) is 15.6 Å². The van der Waals surface area contributed by atoms with E-state index in [-0.39, 0.29) is 11.9 Å². The maximum atomic E-state index is 12.4. The van der Waals surface area contributed by atoms with E-state index in [1.807, 2.05) is 0 Å². The molecule has 124 valence electrons. The molecule has 2 bridgehead atoms. The van der Waals surface area contributed by atoms with E-state index in [9.17, 15) is 4.79 Å². The third-order valence-corrected chi connectivity index (χ3v) is 4.89. The summed E-state index contributed by atoms with van der Waals surface area (Å²) in [6.45, 7) is 0. The van der Waals surface area contributed by atoms with Gasteiger partial charge in [-0.25, -0.2) is 4.98 Å². The van der Waals surface area contributed by atoms with E-state index in [0.717, 1.165) is 12.8 Å². The number of amides is 1. The van der Waals surface area contributed by atoms with Crippen molar-refractivity contribution in [1.82, 2.24) is 15.6 Å². The van der Waals surface area contributed by atoms with Gasteiger partial charge in [-0.1, -0.05) is 11.6 Å². The zero-order chi connectivity index (χ0) is 16.5. The van der Waals surface area contributed by atoms with E-state index < -0.39 is 0 Å². The fourth-order valence-corrected chi connectivity index (χ4v) is 3.58. The predicted molar refractivity (Wildman–Crippen MR) is 91.6 cm³/mol. The molecule has 3 atom stereocenters. The van der Waals surface area contributed by atoms with Crippen LogP contribution in [0.15, 0.2) is 42.6 Å². The van der Waals surface area contributed by atoms with E-state index in [4.69, 9.17) is 16.3 Å². The van der Waals surface area contributed by atoms with Gasteiger partial charge in [-0.3, -0.25) is 4.79 Å². The van der Waals surface area contributed by atoms with Gasteiger partial charge < -0.3 is 15.4 Å². The van der Waals surface area contributed by atoms with Gasteiger partial charge in [0.2, 0.25) is 0 Å². The molecule has 2 aliphatic rings. The van der Waals surface area contributed by atoms with E-state index in [0.29, 0.717) is 34.3 Å². The molecule has 0 unspecified atom stereocenters. The Bertz CT molecular complexity index is 733. The Balaban J connectivity index is 1.38. The lowest BCUT2D eigenvalue weighted by Gasteiger charge is -2.21. The summed E-state index contributed by atoms with van der Waals surface area (Å²) in [4.78, 5) is 16.3. The standard InChI is InChI=1S/C18H18ClN3O2/c19-17-8-6-14(10-20-17)24-13-4-1-11(2-5-13)18(23)22-16-9-12-3-7-15(16)21-12/h1-2,4-6,8,10,12,15-16,21H,3,7,9H2,(H,22,23)/t12-,15+,16-/m1/s1. The van der Waals surface area contributed by atoms with Crippen molar-refractivity contribution < 1.29 is 9.53 Å². The number of carbonyl (C=O) groups is 1. The van der Waals surface area contributed by atoms with E-state index in [1.165, 1.54) is 6.42 Å². The first-order valence-electron chi connectivity index (χ1n) is 8.14. The third-order valence-electron chi connectivity index (χ3n) is 4.67. The number of nitrogens with one attached hydrogen (secondary N) is 2. The number of pyridine rings is 1. The highest BCUT2D eigenvalue weighted by Crippen LogP contribution is 2.28. The molecule has 4 rings (SSSR count). The summed E-state index contributed by atoms with van der Waals surface area (Å²) in [6, 6.07) is 11.8. The summed E-state index contributed by atoms with van der Waals surface area (Å²) in [6.07, 6.45) is 4.96. The van der Waals surface area contributed by atoms with Crippen molar-refractivity contribution in [2.75, 3.05) is 0 Å². The summed E-state index contributed by atoms with van der Waals surface area (Å²) in [5.74, 6) is 1.22. The molecule has 2 saturated heterocycles. The number of benzene rings is 1. The Morgan fingerprint density at radius 1 is 1.17 bits per heavy atom. The molecule has 5 nitrogen and oxygen atoms in total. The normalized spacial score (nSPS) is 24.8. The number of rotatable bonds is 4. The summed E-state index contributed by atoms with van der Waals surface area (Å²) in [5.41, 5.74) is 0.638. The minimum Gasteiger partial charge on any atom is -0.456 e. The lowest BCUT2D eigenvalue weighted by atomic mass is 9.95. The van der Waals surface area contributed by atoms with Crippen LogP contribution in [0.1, 0.15) is 29.6 Å². The average Bonchev–Trinajstić information content (AvgIpc) is 3.20. The quantitative estimate of drug-likeness (QED) is 0.837. The fraction of sp³-hybridized carbons (Fsp3) is 0.333. The second-order valence-corrected chi connectivity index (χ2v) is 6.69. The Labute approximate surface area is 145 Å². The minimum absolute atomic E-state index is 0.0333. The van der Waals surface area contributed by atoms with Crippen molar-refractivity contribution in [3.05, 3.63) is 53.3 Å². The Hall–Kier alpha value is -2.11. The van der Waals surface area contributed by atoms with Gasteiger partial charge in [-0.05, 0) is 55.7 Å². The Morgan fingerprint density at radius 2 is 1.96 bits per heavy atom. The molecule has 1 aromatic heterocycles. The molecule has 0 spiro atoms. The molecule has 1 amide bonds. The first kappa shape index (κ1) is 15.4. The summed E-state index contributed by atoms with van der Waals surface area (Å²) in [5, 5.41) is 7.08. The van der Waals surface area contributed by atoms with Crippen LogP contribution in [0, 0.1) is 0 Å². The minimum atomic E-state index is -0.0333. The number of hydrogen-bond donors (Lipinski definition) is 2. The number of halogens is 1. The molecule has 0 aliphatic carbocycles. The van der Waals surface area contributed by atoms with Crippen LogP contribution < -0.4 is 15.4 Å². The highest BCUT2D eigenvalue weighted by Gasteiger charge is 2.39. The largest absolute Gasteiger partial charge is 0.456 e. The first-order valence-corrected chi connectivity index (χ1v) is 8.51. The van der Waals surface area contributed by atoms with Crippen LogP contribution >= 0.6 is 11.6 Å². The molecule has 1 aromatic carbocycles. The molecular formula is C18H18ClN3O2. The van der Waals surface area contributed by atoms with Crippen LogP contribution in [-0.2, 0) is 0 Å². The van der Waals surface area contributed by atoms with Crippen LogP contribution in [0.2, 0.25) is 5.15 Å². The van der Waals surface area contributed by atoms with Crippen LogP contribution in [-0.4, -0.2) is 29.0 Å². The highest BCUT2D eigenvalue weighted by atomic mass is 35.5. The van der Waals surface area contributed by atoms with Gasteiger partial charge >= 0.3 is 0 Å². The lowest BCUT2D eigenvalue weighted by molar-refractivity contribution is 0.0931. The molecule has 0 saturated carbocycles. The van der Waals surface area contributed by atoms with Gasteiger partial charge in [-0.15, -0.1) is 0 Å². The molecule has 2 aliphatic heterocycles. The van der Waals surface area contributed by atoms with Gasteiger partial charge in [0.1, 0.15) is 16.7 Å². The molecule has 2 fully saturated rings. The SMILES string of the molecule is O=C(N[C@@H]1C[C@H]2CC[C@@H]1N2)c1ccc(Oc2ccc(Cl)nc2)cc1. The number of nitrogens with zero attached hydrogens (tertiary/aromatic N) is 1. The molecule has 2 N–H and O–H groups in total. The van der Waals surface area contributed by atoms with Crippen molar-refractivity contribution in [2.45, 2.75) is 37.4 Å². The molecule has 2 aromatic rings. The fourth-order valence-electron chi connectivity index (χ4n) is 3.47. The molecular weight excluding hydrogens is 326 g/mol. The van der Waals surface area contributed by atoms with Crippen LogP contribution in [0.3, 0.4) is 0 Å². The molecule has 0 radical (unpaired) electrons.